The number of hydrogen-bond donors (Lipinski definition) is 1. The Bertz CT molecular complexity index is 476. The lowest BCUT2D eigenvalue weighted by molar-refractivity contribution is 0.518. The minimum absolute atomic E-state index is 0.420. The minimum atomic E-state index is -0.420. The summed E-state index contributed by atoms with van der Waals surface area (Å²) in [5.74, 6) is 0. The monoisotopic (exact) mass is 226 g/mol. The Morgan fingerprint density at radius 1 is 1.00 bits per heavy atom. The zero-order valence-electron chi connectivity index (χ0n) is 10.4. The smallest absolute Gasteiger partial charge is 0.0664 e. The maximum absolute atomic E-state index is 6.56. The summed E-state index contributed by atoms with van der Waals surface area (Å²) in [7, 11) is 0. The molecule has 2 aromatic rings. The number of aromatic nitrogens is 1. The van der Waals surface area contributed by atoms with E-state index in [0.717, 1.165) is 17.5 Å². The van der Waals surface area contributed by atoms with Crippen LogP contribution >= 0.6 is 0 Å². The largest absolute Gasteiger partial charge is 0.318 e. The third kappa shape index (κ3) is 2.22. The van der Waals surface area contributed by atoms with Crippen LogP contribution in [0, 0.1) is 6.92 Å². The van der Waals surface area contributed by atoms with E-state index in [2.05, 4.69) is 43.1 Å². The Kier molecular flexibility index (Phi) is 3.25. The molecular weight excluding hydrogens is 208 g/mol. The Labute approximate surface area is 103 Å². The summed E-state index contributed by atoms with van der Waals surface area (Å²) in [4.78, 5) is 4.05. The van der Waals surface area contributed by atoms with Crippen molar-refractivity contribution in [2.45, 2.75) is 25.8 Å². The molecule has 0 spiro atoms. The highest BCUT2D eigenvalue weighted by molar-refractivity contribution is 5.37. The number of nitrogens with two attached hydrogens (primary N) is 1. The molecular formula is C15H18N2. The third-order valence-electron chi connectivity index (χ3n) is 3.32. The molecule has 0 radical (unpaired) electrons. The summed E-state index contributed by atoms with van der Waals surface area (Å²) in [5, 5.41) is 0. The fraction of sp³-hybridized carbons (Fsp3) is 0.267. The summed E-state index contributed by atoms with van der Waals surface area (Å²) < 4.78 is 0. The van der Waals surface area contributed by atoms with Crippen LogP contribution in [0.3, 0.4) is 0 Å². The molecule has 0 saturated carbocycles. The van der Waals surface area contributed by atoms with Crippen molar-refractivity contribution < 1.29 is 0 Å². The van der Waals surface area contributed by atoms with E-state index in [4.69, 9.17) is 5.73 Å². The van der Waals surface area contributed by atoms with E-state index in [1.807, 2.05) is 12.1 Å². The highest BCUT2D eigenvalue weighted by atomic mass is 14.7. The molecule has 17 heavy (non-hydrogen) atoms. The van der Waals surface area contributed by atoms with Gasteiger partial charge in [0, 0.05) is 12.4 Å². The van der Waals surface area contributed by atoms with Crippen molar-refractivity contribution in [3.8, 4) is 0 Å². The van der Waals surface area contributed by atoms with Crippen LogP contribution in [0.5, 0.6) is 0 Å². The topological polar surface area (TPSA) is 38.9 Å². The van der Waals surface area contributed by atoms with Crippen LogP contribution in [0.15, 0.2) is 48.8 Å². The van der Waals surface area contributed by atoms with E-state index < -0.39 is 5.54 Å². The van der Waals surface area contributed by atoms with E-state index >= 15 is 0 Å². The van der Waals surface area contributed by atoms with Gasteiger partial charge in [-0.2, -0.15) is 0 Å². The lowest BCUT2D eigenvalue weighted by Gasteiger charge is -2.29. The van der Waals surface area contributed by atoms with Crippen molar-refractivity contribution in [2.24, 2.45) is 5.73 Å². The van der Waals surface area contributed by atoms with Gasteiger partial charge in [-0.05, 0) is 36.6 Å². The van der Waals surface area contributed by atoms with E-state index in [1.54, 1.807) is 12.4 Å². The van der Waals surface area contributed by atoms with Crippen LogP contribution in [0.1, 0.15) is 30.0 Å². The summed E-state index contributed by atoms with van der Waals surface area (Å²) >= 11 is 0. The first-order valence-corrected chi connectivity index (χ1v) is 5.93. The van der Waals surface area contributed by atoms with Gasteiger partial charge in [0.15, 0.2) is 0 Å². The maximum atomic E-state index is 6.56. The van der Waals surface area contributed by atoms with Crippen LogP contribution < -0.4 is 5.73 Å². The second-order valence-electron chi connectivity index (χ2n) is 4.43. The lowest BCUT2D eigenvalue weighted by atomic mass is 9.82. The first kappa shape index (κ1) is 11.8. The Morgan fingerprint density at radius 2 is 1.53 bits per heavy atom. The average Bonchev–Trinajstić information content (AvgIpc) is 2.40. The molecule has 0 aliphatic rings. The van der Waals surface area contributed by atoms with Gasteiger partial charge in [-0.1, -0.05) is 36.8 Å². The first-order chi connectivity index (χ1) is 8.16. The average molecular weight is 226 g/mol. The van der Waals surface area contributed by atoms with Gasteiger partial charge in [0.2, 0.25) is 0 Å². The van der Waals surface area contributed by atoms with Crippen LogP contribution in [0.2, 0.25) is 0 Å². The molecule has 88 valence electrons. The second-order valence-corrected chi connectivity index (χ2v) is 4.43. The molecule has 0 aliphatic heterocycles. The predicted molar refractivity (Wildman–Crippen MR) is 70.7 cm³/mol. The van der Waals surface area contributed by atoms with Crippen molar-refractivity contribution in [3.05, 3.63) is 65.5 Å². The zero-order valence-corrected chi connectivity index (χ0v) is 10.4. The quantitative estimate of drug-likeness (QED) is 0.873. The molecule has 2 heteroatoms. The summed E-state index contributed by atoms with van der Waals surface area (Å²) in [5.41, 5.74) is 9.65. The maximum Gasteiger partial charge on any atom is 0.0664 e. The standard InChI is InChI=1S/C15H18N2/c1-3-15(16,14-8-10-17-11-9-14)13-6-4-12(2)5-7-13/h4-11H,3,16H2,1-2H3. The molecule has 0 amide bonds. The van der Waals surface area contributed by atoms with Crippen molar-refractivity contribution in [3.63, 3.8) is 0 Å². The van der Waals surface area contributed by atoms with Crippen molar-refractivity contribution in [1.82, 2.24) is 4.98 Å². The highest BCUT2D eigenvalue weighted by Crippen LogP contribution is 2.29. The third-order valence-corrected chi connectivity index (χ3v) is 3.32. The molecule has 0 bridgehead atoms. The highest BCUT2D eigenvalue weighted by Gasteiger charge is 2.27. The van der Waals surface area contributed by atoms with E-state index in [9.17, 15) is 0 Å². The zero-order chi connectivity index (χ0) is 12.3. The Hall–Kier alpha value is -1.67. The van der Waals surface area contributed by atoms with Gasteiger partial charge in [0.05, 0.1) is 5.54 Å². The lowest BCUT2D eigenvalue weighted by Crippen LogP contribution is -2.37. The number of benzene rings is 1. The molecule has 2 rings (SSSR count). The van der Waals surface area contributed by atoms with Crippen molar-refractivity contribution in [1.29, 1.82) is 0 Å². The van der Waals surface area contributed by atoms with Gasteiger partial charge >= 0.3 is 0 Å². The number of rotatable bonds is 3. The van der Waals surface area contributed by atoms with Crippen LogP contribution in [-0.4, -0.2) is 4.98 Å². The van der Waals surface area contributed by atoms with Crippen molar-refractivity contribution in [2.75, 3.05) is 0 Å². The van der Waals surface area contributed by atoms with E-state index in [-0.39, 0.29) is 0 Å². The summed E-state index contributed by atoms with van der Waals surface area (Å²) in [6, 6.07) is 12.4. The fourth-order valence-electron chi connectivity index (χ4n) is 2.08. The molecule has 1 heterocycles. The fourth-order valence-corrected chi connectivity index (χ4v) is 2.08. The molecule has 2 nitrogen and oxygen atoms in total. The van der Waals surface area contributed by atoms with E-state index in [1.165, 1.54) is 5.56 Å². The second kappa shape index (κ2) is 4.68. The van der Waals surface area contributed by atoms with Gasteiger partial charge in [-0.15, -0.1) is 0 Å². The van der Waals surface area contributed by atoms with Gasteiger partial charge in [0.25, 0.3) is 0 Å². The molecule has 0 saturated heterocycles. The summed E-state index contributed by atoms with van der Waals surface area (Å²) in [6.45, 7) is 4.20. The van der Waals surface area contributed by atoms with Gasteiger partial charge in [-0.3, -0.25) is 4.98 Å². The van der Waals surface area contributed by atoms with Crippen molar-refractivity contribution >= 4 is 0 Å². The number of pyridine rings is 1. The molecule has 1 atom stereocenters. The Morgan fingerprint density at radius 3 is 2.06 bits per heavy atom. The molecule has 0 aliphatic carbocycles. The number of aryl methyl sites for hydroxylation is 1. The molecule has 1 unspecified atom stereocenters. The van der Waals surface area contributed by atoms with Gasteiger partial charge in [0.1, 0.15) is 0 Å². The van der Waals surface area contributed by atoms with Crippen LogP contribution in [-0.2, 0) is 5.54 Å². The van der Waals surface area contributed by atoms with Gasteiger partial charge in [-0.25, -0.2) is 0 Å². The normalized spacial score (nSPS) is 14.3. The minimum Gasteiger partial charge on any atom is -0.318 e. The molecule has 0 fully saturated rings. The van der Waals surface area contributed by atoms with Crippen LogP contribution in [0.25, 0.3) is 0 Å². The van der Waals surface area contributed by atoms with Crippen LogP contribution in [0.4, 0.5) is 0 Å². The summed E-state index contributed by atoms with van der Waals surface area (Å²) in [6.07, 6.45) is 4.45. The molecule has 2 N–H and O–H groups in total. The molecule has 1 aromatic carbocycles. The Balaban J connectivity index is 2.48. The number of hydrogen-bond acceptors (Lipinski definition) is 2. The SMILES string of the molecule is CCC(N)(c1ccncc1)c1ccc(C)cc1. The first-order valence-electron chi connectivity index (χ1n) is 5.93. The predicted octanol–water partition coefficient (Wildman–Crippen LogP) is 3.00. The van der Waals surface area contributed by atoms with Gasteiger partial charge < -0.3 is 5.73 Å². The number of nitrogens with zero attached hydrogens (tertiary/aromatic N) is 1. The molecule has 1 aromatic heterocycles. The van der Waals surface area contributed by atoms with E-state index in [0.29, 0.717) is 0 Å².